The average Bonchev–Trinajstić information content (AvgIpc) is 3.18. The molecule has 0 aromatic heterocycles. The van der Waals surface area contributed by atoms with Crippen LogP contribution >= 0.6 is 0 Å². The largest absolute Gasteiger partial charge is 0.310 e. The number of rotatable bonds is 6. The van der Waals surface area contributed by atoms with E-state index in [1.54, 1.807) is 0 Å². The Hall–Kier alpha value is -6.44. The monoisotopic (exact) mass is 623 g/mol. The van der Waals surface area contributed by atoms with Crippen LogP contribution in [0.4, 0.5) is 17.1 Å². The van der Waals surface area contributed by atoms with E-state index >= 15 is 0 Å². The fourth-order valence-corrected chi connectivity index (χ4v) is 7.31. The van der Waals surface area contributed by atoms with Gasteiger partial charge in [0.2, 0.25) is 0 Å². The zero-order chi connectivity index (χ0) is 32.6. The summed E-state index contributed by atoms with van der Waals surface area (Å²) in [5.74, 6) is 0. The Kier molecular flexibility index (Phi) is 7.22. The number of hydrogen-bond acceptors (Lipinski definition) is 1. The Morgan fingerprint density at radius 1 is 0.286 bits per heavy atom. The summed E-state index contributed by atoms with van der Waals surface area (Å²) in [6.45, 7) is 0. The highest BCUT2D eigenvalue weighted by Crippen LogP contribution is 2.46. The van der Waals surface area contributed by atoms with Crippen LogP contribution in [0.15, 0.2) is 200 Å². The van der Waals surface area contributed by atoms with Crippen molar-refractivity contribution in [3.8, 4) is 33.4 Å². The molecule has 0 aliphatic rings. The van der Waals surface area contributed by atoms with E-state index in [4.69, 9.17) is 0 Å². The fraction of sp³-hybridized carbons (Fsp3) is 0. The third-order valence-electron chi connectivity index (χ3n) is 9.63. The van der Waals surface area contributed by atoms with E-state index in [0.29, 0.717) is 0 Å². The molecule has 0 saturated carbocycles. The topological polar surface area (TPSA) is 3.24 Å². The van der Waals surface area contributed by atoms with Crippen molar-refractivity contribution in [2.75, 3.05) is 4.90 Å². The second-order valence-corrected chi connectivity index (χ2v) is 12.5. The van der Waals surface area contributed by atoms with Gasteiger partial charge < -0.3 is 4.90 Å². The molecule has 1 nitrogen and oxygen atoms in total. The summed E-state index contributed by atoms with van der Waals surface area (Å²) in [7, 11) is 0. The van der Waals surface area contributed by atoms with Crippen LogP contribution in [0.5, 0.6) is 0 Å². The molecule has 0 heterocycles. The van der Waals surface area contributed by atoms with Crippen molar-refractivity contribution in [3.63, 3.8) is 0 Å². The van der Waals surface area contributed by atoms with E-state index in [9.17, 15) is 0 Å². The maximum atomic E-state index is 2.41. The second-order valence-electron chi connectivity index (χ2n) is 12.5. The molecule has 0 bridgehead atoms. The van der Waals surface area contributed by atoms with Gasteiger partial charge >= 0.3 is 0 Å². The highest BCUT2D eigenvalue weighted by molar-refractivity contribution is 6.15. The summed E-state index contributed by atoms with van der Waals surface area (Å²) in [5, 5.41) is 7.43. The lowest BCUT2D eigenvalue weighted by Crippen LogP contribution is -2.11. The van der Waals surface area contributed by atoms with E-state index < -0.39 is 0 Å². The maximum Gasteiger partial charge on any atom is 0.0540 e. The molecular weight excluding hydrogens is 591 g/mol. The molecule has 9 aromatic carbocycles. The number of anilines is 3. The van der Waals surface area contributed by atoms with Crippen molar-refractivity contribution in [3.05, 3.63) is 200 Å². The summed E-state index contributed by atoms with van der Waals surface area (Å²) in [6, 6.07) is 72.5. The average molecular weight is 624 g/mol. The van der Waals surface area contributed by atoms with Gasteiger partial charge in [-0.1, -0.05) is 164 Å². The summed E-state index contributed by atoms with van der Waals surface area (Å²) in [6.07, 6.45) is 0. The first-order valence-electron chi connectivity index (χ1n) is 16.9. The lowest BCUT2D eigenvalue weighted by Gasteiger charge is -2.28. The van der Waals surface area contributed by atoms with Crippen molar-refractivity contribution in [1.82, 2.24) is 0 Å². The maximum absolute atomic E-state index is 2.41. The van der Waals surface area contributed by atoms with E-state index in [2.05, 4.69) is 205 Å². The smallest absolute Gasteiger partial charge is 0.0540 e. The number of hydrogen-bond donors (Lipinski definition) is 0. The standard InChI is InChI=1S/C48H33N/c1-3-14-34(15-4-1)35-26-28-40(29-27-35)49(47-25-13-21-36-18-7-10-22-42(36)47)41-30-31-45(46(33-41)37-16-5-2-6-17-37)48-43-23-11-8-19-38(43)32-39-20-9-12-24-44(39)48/h1-33H. The zero-order valence-electron chi connectivity index (χ0n) is 27.0. The third kappa shape index (κ3) is 5.23. The van der Waals surface area contributed by atoms with Gasteiger partial charge in [-0.15, -0.1) is 0 Å². The van der Waals surface area contributed by atoms with E-state index in [1.165, 1.54) is 65.7 Å². The van der Waals surface area contributed by atoms with Gasteiger partial charge in [-0.3, -0.25) is 0 Å². The van der Waals surface area contributed by atoms with Crippen LogP contribution in [-0.2, 0) is 0 Å². The van der Waals surface area contributed by atoms with Crippen LogP contribution in [-0.4, -0.2) is 0 Å². The molecule has 0 atom stereocenters. The van der Waals surface area contributed by atoms with Gasteiger partial charge in [0.15, 0.2) is 0 Å². The normalized spacial score (nSPS) is 11.3. The van der Waals surface area contributed by atoms with Crippen LogP contribution in [0, 0.1) is 0 Å². The molecule has 0 fully saturated rings. The number of benzene rings is 9. The molecular formula is C48H33N. The van der Waals surface area contributed by atoms with Gasteiger partial charge in [-0.25, -0.2) is 0 Å². The molecule has 0 radical (unpaired) electrons. The van der Waals surface area contributed by atoms with Crippen LogP contribution in [0.1, 0.15) is 0 Å². The predicted octanol–water partition coefficient (Wildman–Crippen LogP) is 13.6. The summed E-state index contributed by atoms with van der Waals surface area (Å²) in [5.41, 5.74) is 10.7. The lowest BCUT2D eigenvalue weighted by molar-refractivity contribution is 1.30. The lowest BCUT2D eigenvalue weighted by atomic mass is 9.87. The van der Waals surface area contributed by atoms with E-state index in [0.717, 1.165) is 17.1 Å². The molecule has 0 unspecified atom stereocenters. The summed E-state index contributed by atoms with van der Waals surface area (Å²) >= 11 is 0. The first-order chi connectivity index (χ1) is 24.3. The molecule has 9 rings (SSSR count). The Labute approximate surface area is 287 Å². The van der Waals surface area contributed by atoms with Crippen LogP contribution in [0.25, 0.3) is 65.7 Å². The predicted molar refractivity (Wildman–Crippen MR) is 210 cm³/mol. The molecule has 0 saturated heterocycles. The molecule has 0 aliphatic carbocycles. The highest BCUT2D eigenvalue weighted by Gasteiger charge is 2.20. The molecule has 9 aromatic rings. The molecule has 230 valence electrons. The molecule has 0 N–H and O–H groups in total. The van der Waals surface area contributed by atoms with E-state index in [-0.39, 0.29) is 0 Å². The molecule has 1 heteroatoms. The van der Waals surface area contributed by atoms with Crippen LogP contribution in [0.2, 0.25) is 0 Å². The van der Waals surface area contributed by atoms with Gasteiger partial charge in [-0.05, 0) is 96.7 Å². The number of nitrogens with zero attached hydrogens (tertiary/aromatic N) is 1. The summed E-state index contributed by atoms with van der Waals surface area (Å²) < 4.78 is 0. The Balaban J connectivity index is 1.31. The molecule has 0 aliphatic heterocycles. The zero-order valence-corrected chi connectivity index (χ0v) is 27.0. The van der Waals surface area contributed by atoms with Gasteiger partial charge in [0, 0.05) is 16.8 Å². The molecule has 0 amide bonds. The van der Waals surface area contributed by atoms with E-state index in [1.807, 2.05) is 0 Å². The Morgan fingerprint density at radius 2 is 0.796 bits per heavy atom. The van der Waals surface area contributed by atoms with Gasteiger partial charge in [0.05, 0.1) is 5.69 Å². The van der Waals surface area contributed by atoms with Gasteiger partial charge in [0.1, 0.15) is 0 Å². The second kappa shape index (κ2) is 12.3. The van der Waals surface area contributed by atoms with Crippen LogP contribution in [0.3, 0.4) is 0 Å². The van der Waals surface area contributed by atoms with Crippen molar-refractivity contribution in [2.45, 2.75) is 0 Å². The minimum absolute atomic E-state index is 1.11. The van der Waals surface area contributed by atoms with Crippen molar-refractivity contribution < 1.29 is 0 Å². The first kappa shape index (κ1) is 28.8. The quantitative estimate of drug-likeness (QED) is 0.167. The van der Waals surface area contributed by atoms with Gasteiger partial charge in [-0.2, -0.15) is 0 Å². The third-order valence-corrected chi connectivity index (χ3v) is 9.63. The SMILES string of the molecule is c1ccc(-c2ccc(N(c3ccc(-c4c5ccccc5cc5ccccc45)c(-c4ccccc4)c3)c3cccc4ccccc34)cc2)cc1. The molecule has 49 heavy (non-hydrogen) atoms. The highest BCUT2D eigenvalue weighted by atomic mass is 15.1. The van der Waals surface area contributed by atoms with Crippen molar-refractivity contribution in [2.24, 2.45) is 0 Å². The number of fused-ring (bicyclic) bond motifs is 3. The fourth-order valence-electron chi connectivity index (χ4n) is 7.31. The minimum atomic E-state index is 1.11. The summed E-state index contributed by atoms with van der Waals surface area (Å²) in [4.78, 5) is 2.41. The van der Waals surface area contributed by atoms with Crippen molar-refractivity contribution >= 4 is 49.4 Å². The minimum Gasteiger partial charge on any atom is -0.310 e. The molecule has 0 spiro atoms. The first-order valence-corrected chi connectivity index (χ1v) is 16.9. The Morgan fingerprint density at radius 3 is 1.47 bits per heavy atom. The van der Waals surface area contributed by atoms with Crippen LogP contribution < -0.4 is 4.90 Å². The van der Waals surface area contributed by atoms with Crippen molar-refractivity contribution in [1.29, 1.82) is 0 Å². The van der Waals surface area contributed by atoms with Gasteiger partial charge in [0.25, 0.3) is 0 Å². The Bertz CT molecular complexity index is 2530.